The molecule has 0 aliphatic heterocycles. The fraction of sp³-hybridized carbons (Fsp3) is 0.429. The SMILES string of the molecule is N#Cc1ccn2c([C@H]3CCC[C@@H](OC(N)=O)C3)nnc2c1. The molecule has 0 radical (unpaired) electrons. The summed E-state index contributed by atoms with van der Waals surface area (Å²) in [6, 6.07) is 5.53. The molecule has 7 heteroatoms. The molecule has 2 aromatic rings. The first-order valence-corrected chi connectivity index (χ1v) is 6.88. The molecular formula is C14H15N5O2. The van der Waals surface area contributed by atoms with E-state index < -0.39 is 6.09 Å². The molecule has 2 heterocycles. The summed E-state index contributed by atoms with van der Waals surface area (Å²) in [7, 11) is 0. The number of nitrogens with two attached hydrogens (primary N) is 1. The minimum atomic E-state index is -0.731. The van der Waals surface area contributed by atoms with Gasteiger partial charge in [-0.1, -0.05) is 0 Å². The largest absolute Gasteiger partial charge is 0.446 e. The monoisotopic (exact) mass is 285 g/mol. The first-order chi connectivity index (χ1) is 10.2. The van der Waals surface area contributed by atoms with Gasteiger partial charge in [0.15, 0.2) is 5.65 Å². The number of primary amides is 1. The number of rotatable bonds is 2. The van der Waals surface area contributed by atoms with E-state index in [4.69, 9.17) is 15.7 Å². The molecule has 0 saturated heterocycles. The number of carbonyl (C=O) groups excluding carboxylic acids is 1. The lowest BCUT2D eigenvalue weighted by atomic mass is 9.86. The quantitative estimate of drug-likeness (QED) is 0.904. The summed E-state index contributed by atoms with van der Waals surface area (Å²) in [5.41, 5.74) is 6.30. The summed E-state index contributed by atoms with van der Waals surface area (Å²) < 4.78 is 6.99. The molecule has 1 amide bonds. The lowest BCUT2D eigenvalue weighted by molar-refractivity contribution is 0.0758. The van der Waals surface area contributed by atoms with E-state index in [1.807, 2.05) is 10.6 Å². The second kappa shape index (κ2) is 5.40. The predicted octanol–water partition coefficient (Wildman–Crippen LogP) is 1.72. The van der Waals surface area contributed by atoms with Gasteiger partial charge in [0.05, 0.1) is 11.6 Å². The number of aromatic nitrogens is 3. The molecule has 2 N–H and O–H groups in total. The minimum absolute atomic E-state index is 0.160. The summed E-state index contributed by atoms with van der Waals surface area (Å²) in [4.78, 5) is 10.9. The van der Waals surface area contributed by atoms with Crippen molar-refractivity contribution in [2.75, 3.05) is 0 Å². The number of hydrogen-bond acceptors (Lipinski definition) is 5. The van der Waals surface area contributed by atoms with Gasteiger partial charge in [0.25, 0.3) is 0 Å². The molecule has 2 atom stereocenters. The third-order valence-corrected chi connectivity index (χ3v) is 3.84. The summed E-state index contributed by atoms with van der Waals surface area (Å²) in [6.45, 7) is 0. The van der Waals surface area contributed by atoms with Gasteiger partial charge in [0.2, 0.25) is 0 Å². The molecular weight excluding hydrogens is 270 g/mol. The van der Waals surface area contributed by atoms with E-state index >= 15 is 0 Å². The van der Waals surface area contributed by atoms with Crippen molar-refractivity contribution in [3.8, 4) is 6.07 Å². The first-order valence-electron chi connectivity index (χ1n) is 6.88. The van der Waals surface area contributed by atoms with Crippen LogP contribution in [0.5, 0.6) is 0 Å². The van der Waals surface area contributed by atoms with Crippen molar-refractivity contribution in [2.24, 2.45) is 5.73 Å². The molecule has 0 unspecified atom stereocenters. The predicted molar refractivity (Wildman–Crippen MR) is 73.4 cm³/mol. The number of ether oxygens (including phenoxy) is 1. The zero-order chi connectivity index (χ0) is 14.8. The number of nitriles is 1. The maximum atomic E-state index is 10.9. The van der Waals surface area contributed by atoms with Gasteiger partial charge in [-0.15, -0.1) is 10.2 Å². The lowest BCUT2D eigenvalue weighted by Crippen LogP contribution is -2.28. The highest BCUT2D eigenvalue weighted by atomic mass is 16.6. The second-order valence-electron chi connectivity index (χ2n) is 5.24. The number of pyridine rings is 1. The maximum absolute atomic E-state index is 10.9. The lowest BCUT2D eigenvalue weighted by Gasteiger charge is -2.27. The van der Waals surface area contributed by atoms with Crippen LogP contribution in [0.25, 0.3) is 5.65 Å². The van der Waals surface area contributed by atoms with Gasteiger partial charge in [-0.2, -0.15) is 5.26 Å². The highest BCUT2D eigenvalue weighted by Crippen LogP contribution is 2.33. The highest BCUT2D eigenvalue weighted by molar-refractivity contribution is 5.64. The Hall–Kier alpha value is -2.62. The number of fused-ring (bicyclic) bond motifs is 1. The Balaban J connectivity index is 1.86. The van der Waals surface area contributed by atoms with E-state index in [0.29, 0.717) is 17.6 Å². The van der Waals surface area contributed by atoms with Gasteiger partial charge in [0, 0.05) is 18.2 Å². The van der Waals surface area contributed by atoms with Crippen molar-refractivity contribution < 1.29 is 9.53 Å². The van der Waals surface area contributed by atoms with Crippen LogP contribution in [0.1, 0.15) is 43.0 Å². The molecule has 7 nitrogen and oxygen atoms in total. The van der Waals surface area contributed by atoms with Crippen LogP contribution in [0.15, 0.2) is 18.3 Å². The van der Waals surface area contributed by atoms with Crippen molar-refractivity contribution in [1.82, 2.24) is 14.6 Å². The molecule has 0 aromatic carbocycles. The van der Waals surface area contributed by atoms with E-state index in [9.17, 15) is 4.79 Å². The van der Waals surface area contributed by atoms with Crippen molar-refractivity contribution in [2.45, 2.75) is 37.7 Å². The molecule has 1 fully saturated rings. The van der Waals surface area contributed by atoms with Crippen LogP contribution in [-0.2, 0) is 4.74 Å². The van der Waals surface area contributed by atoms with Gasteiger partial charge in [-0.05, 0) is 31.7 Å². The van der Waals surface area contributed by atoms with Crippen molar-refractivity contribution in [3.63, 3.8) is 0 Å². The zero-order valence-corrected chi connectivity index (χ0v) is 11.4. The smallest absolute Gasteiger partial charge is 0.404 e. The third kappa shape index (κ3) is 2.65. The summed E-state index contributed by atoms with van der Waals surface area (Å²) in [5, 5.41) is 17.3. The van der Waals surface area contributed by atoms with Gasteiger partial charge < -0.3 is 10.5 Å². The molecule has 2 aromatic heterocycles. The Morgan fingerprint density at radius 2 is 2.33 bits per heavy atom. The molecule has 0 bridgehead atoms. The normalized spacial score (nSPS) is 21.9. The minimum Gasteiger partial charge on any atom is -0.446 e. The van der Waals surface area contributed by atoms with E-state index in [0.717, 1.165) is 25.1 Å². The Labute approximate surface area is 121 Å². The summed E-state index contributed by atoms with van der Waals surface area (Å²) in [5.74, 6) is 1.01. The third-order valence-electron chi connectivity index (χ3n) is 3.84. The van der Waals surface area contributed by atoms with E-state index in [2.05, 4.69) is 16.3 Å². The van der Waals surface area contributed by atoms with Crippen molar-refractivity contribution in [3.05, 3.63) is 29.7 Å². The Morgan fingerprint density at radius 3 is 3.10 bits per heavy atom. The molecule has 108 valence electrons. The number of carbonyl (C=O) groups is 1. The van der Waals surface area contributed by atoms with Crippen LogP contribution >= 0.6 is 0 Å². The van der Waals surface area contributed by atoms with E-state index in [-0.39, 0.29) is 12.0 Å². The van der Waals surface area contributed by atoms with Gasteiger partial charge in [0.1, 0.15) is 11.9 Å². The average molecular weight is 285 g/mol. The van der Waals surface area contributed by atoms with Gasteiger partial charge >= 0.3 is 6.09 Å². The van der Waals surface area contributed by atoms with Gasteiger partial charge in [-0.3, -0.25) is 4.40 Å². The molecule has 0 spiro atoms. The van der Waals surface area contributed by atoms with Crippen molar-refractivity contribution >= 4 is 11.7 Å². The van der Waals surface area contributed by atoms with Crippen LogP contribution < -0.4 is 5.73 Å². The fourth-order valence-electron chi connectivity index (χ4n) is 2.91. The Kier molecular flexibility index (Phi) is 3.44. The molecule has 21 heavy (non-hydrogen) atoms. The number of nitrogens with zero attached hydrogens (tertiary/aromatic N) is 4. The van der Waals surface area contributed by atoms with Crippen LogP contribution in [0, 0.1) is 11.3 Å². The van der Waals surface area contributed by atoms with E-state index in [1.54, 1.807) is 12.1 Å². The molecule has 1 aliphatic rings. The standard InChI is InChI=1S/C14H15N5O2/c15-8-9-4-5-19-12(6-9)17-18-13(19)10-2-1-3-11(7-10)21-14(16)20/h4-6,10-11H,1-3,7H2,(H2,16,20)/t10-,11+/m0/s1. The molecule has 3 rings (SSSR count). The Bertz CT molecular complexity index is 718. The topological polar surface area (TPSA) is 106 Å². The Morgan fingerprint density at radius 1 is 1.48 bits per heavy atom. The maximum Gasteiger partial charge on any atom is 0.404 e. The van der Waals surface area contributed by atoms with Crippen LogP contribution in [-0.4, -0.2) is 26.8 Å². The van der Waals surface area contributed by atoms with Crippen LogP contribution in [0.3, 0.4) is 0 Å². The molecule has 1 saturated carbocycles. The zero-order valence-electron chi connectivity index (χ0n) is 11.4. The highest BCUT2D eigenvalue weighted by Gasteiger charge is 2.28. The summed E-state index contributed by atoms with van der Waals surface area (Å²) in [6.07, 6.45) is 4.37. The average Bonchev–Trinajstić information content (AvgIpc) is 2.89. The summed E-state index contributed by atoms with van der Waals surface area (Å²) >= 11 is 0. The van der Waals surface area contributed by atoms with Crippen LogP contribution in [0.4, 0.5) is 4.79 Å². The fourth-order valence-corrected chi connectivity index (χ4v) is 2.91. The second-order valence-corrected chi connectivity index (χ2v) is 5.24. The molecule has 1 aliphatic carbocycles. The number of hydrogen-bond donors (Lipinski definition) is 1. The van der Waals surface area contributed by atoms with Gasteiger partial charge in [-0.25, -0.2) is 4.79 Å². The van der Waals surface area contributed by atoms with E-state index in [1.165, 1.54) is 0 Å². The van der Waals surface area contributed by atoms with Crippen molar-refractivity contribution in [1.29, 1.82) is 5.26 Å². The van der Waals surface area contributed by atoms with Crippen LogP contribution in [0.2, 0.25) is 0 Å². The number of amides is 1. The first kappa shape index (κ1) is 13.4.